The number of benzene rings is 3. The number of ether oxygens (including phenoxy) is 2. The number of aromatic nitrogens is 1. The molecular formula is C37H34ClF2N3O3. The third-order valence-corrected chi connectivity index (χ3v) is 8.46. The zero-order valence-electron chi connectivity index (χ0n) is 25.7. The van der Waals surface area contributed by atoms with E-state index in [0.29, 0.717) is 48.4 Å². The summed E-state index contributed by atoms with van der Waals surface area (Å²) in [7, 11) is 0. The van der Waals surface area contributed by atoms with Gasteiger partial charge < -0.3 is 9.47 Å². The van der Waals surface area contributed by atoms with Crippen LogP contribution in [0.3, 0.4) is 0 Å². The molecule has 0 amide bonds. The largest absolute Gasteiger partial charge is 0.488 e. The molecule has 1 saturated heterocycles. The SMILES string of the molecule is Cc1c(/C=C/CCN2CCC(F)(F)C2)cccc1-c1cccc(COc2cc(OCc3cncc(C#N)c3)c(C=O)cc2Cl)c1C. The highest BCUT2D eigenvalue weighted by Crippen LogP contribution is 2.35. The number of nitriles is 1. The highest BCUT2D eigenvalue weighted by atomic mass is 35.5. The molecule has 6 nitrogen and oxygen atoms in total. The molecule has 0 aliphatic carbocycles. The van der Waals surface area contributed by atoms with Crippen molar-refractivity contribution in [3.63, 3.8) is 0 Å². The van der Waals surface area contributed by atoms with Gasteiger partial charge in [0.2, 0.25) is 0 Å². The summed E-state index contributed by atoms with van der Waals surface area (Å²) in [6, 6.07) is 19.1. The molecule has 46 heavy (non-hydrogen) atoms. The van der Waals surface area contributed by atoms with Gasteiger partial charge in [-0.15, -0.1) is 0 Å². The summed E-state index contributed by atoms with van der Waals surface area (Å²) in [6.07, 6.45) is 8.50. The van der Waals surface area contributed by atoms with E-state index in [2.05, 4.69) is 49.2 Å². The predicted molar refractivity (Wildman–Crippen MR) is 175 cm³/mol. The number of pyridine rings is 1. The first-order valence-corrected chi connectivity index (χ1v) is 15.4. The van der Waals surface area contributed by atoms with Crippen molar-refractivity contribution in [3.05, 3.63) is 117 Å². The molecule has 0 saturated carbocycles. The van der Waals surface area contributed by atoms with Crippen LogP contribution in [0.15, 0.2) is 73.1 Å². The molecule has 0 unspecified atom stereocenters. The van der Waals surface area contributed by atoms with Crippen LogP contribution in [0.4, 0.5) is 8.78 Å². The fourth-order valence-electron chi connectivity index (χ4n) is 5.54. The lowest BCUT2D eigenvalue weighted by Crippen LogP contribution is -2.25. The lowest BCUT2D eigenvalue weighted by molar-refractivity contribution is 0.0124. The van der Waals surface area contributed by atoms with Crippen LogP contribution in [0.25, 0.3) is 17.2 Å². The molecule has 3 aromatic carbocycles. The molecule has 0 N–H and O–H groups in total. The molecule has 2 heterocycles. The summed E-state index contributed by atoms with van der Waals surface area (Å²) in [6.45, 7) is 5.39. The third kappa shape index (κ3) is 7.97. The molecule has 236 valence electrons. The molecule has 1 fully saturated rings. The summed E-state index contributed by atoms with van der Waals surface area (Å²) in [4.78, 5) is 17.6. The van der Waals surface area contributed by atoms with Gasteiger partial charge in [0.05, 0.1) is 22.7 Å². The highest BCUT2D eigenvalue weighted by Gasteiger charge is 2.37. The maximum atomic E-state index is 13.5. The number of nitrogens with zero attached hydrogens (tertiary/aromatic N) is 3. The number of rotatable bonds is 12. The second-order valence-electron chi connectivity index (χ2n) is 11.4. The van der Waals surface area contributed by atoms with Gasteiger partial charge in [-0.25, -0.2) is 8.78 Å². The minimum absolute atomic E-state index is 0.0608. The molecule has 0 atom stereocenters. The maximum absolute atomic E-state index is 13.5. The van der Waals surface area contributed by atoms with Gasteiger partial charge in [-0.2, -0.15) is 5.26 Å². The third-order valence-electron chi connectivity index (χ3n) is 8.16. The number of hydrogen-bond acceptors (Lipinski definition) is 6. The summed E-state index contributed by atoms with van der Waals surface area (Å²) < 4.78 is 39.0. The van der Waals surface area contributed by atoms with Crippen molar-refractivity contribution in [2.24, 2.45) is 0 Å². The summed E-state index contributed by atoms with van der Waals surface area (Å²) in [5, 5.41) is 9.41. The first-order chi connectivity index (χ1) is 22.2. The van der Waals surface area contributed by atoms with Crippen LogP contribution in [0, 0.1) is 25.2 Å². The second kappa shape index (κ2) is 14.7. The smallest absolute Gasteiger partial charge is 0.261 e. The fraction of sp³-hybridized carbons (Fsp3) is 0.270. The van der Waals surface area contributed by atoms with Crippen LogP contribution < -0.4 is 9.47 Å². The number of halogens is 3. The van der Waals surface area contributed by atoms with Crippen molar-refractivity contribution >= 4 is 24.0 Å². The van der Waals surface area contributed by atoms with E-state index in [1.54, 1.807) is 18.3 Å². The monoisotopic (exact) mass is 641 g/mol. The van der Waals surface area contributed by atoms with Gasteiger partial charge in [-0.3, -0.25) is 14.7 Å². The lowest BCUT2D eigenvalue weighted by atomic mass is 9.91. The lowest BCUT2D eigenvalue weighted by Gasteiger charge is -2.17. The van der Waals surface area contributed by atoms with E-state index in [0.717, 1.165) is 33.4 Å². The van der Waals surface area contributed by atoms with Gasteiger partial charge >= 0.3 is 0 Å². The Labute approximate surface area is 272 Å². The van der Waals surface area contributed by atoms with Crippen LogP contribution >= 0.6 is 11.6 Å². The van der Waals surface area contributed by atoms with Gasteiger partial charge in [0.1, 0.15) is 30.8 Å². The van der Waals surface area contributed by atoms with Crippen molar-refractivity contribution < 1.29 is 23.0 Å². The van der Waals surface area contributed by atoms with E-state index in [-0.39, 0.29) is 36.8 Å². The van der Waals surface area contributed by atoms with Gasteiger partial charge in [-0.1, -0.05) is 60.2 Å². The Morgan fingerprint density at radius 1 is 1.00 bits per heavy atom. The Bertz CT molecular complexity index is 1800. The Morgan fingerprint density at radius 3 is 2.50 bits per heavy atom. The molecule has 1 aliphatic heterocycles. The number of hydrogen-bond donors (Lipinski definition) is 0. The molecule has 1 aromatic heterocycles. The molecule has 0 spiro atoms. The van der Waals surface area contributed by atoms with E-state index >= 15 is 0 Å². The zero-order valence-corrected chi connectivity index (χ0v) is 26.5. The maximum Gasteiger partial charge on any atom is 0.261 e. The minimum atomic E-state index is -2.57. The van der Waals surface area contributed by atoms with Gasteiger partial charge in [0.25, 0.3) is 5.92 Å². The van der Waals surface area contributed by atoms with Gasteiger partial charge in [-0.05, 0) is 65.8 Å². The number of carbonyl (C=O) groups is 1. The number of carbonyl (C=O) groups excluding carboxylic acids is 1. The minimum Gasteiger partial charge on any atom is -0.488 e. The zero-order chi connectivity index (χ0) is 32.7. The highest BCUT2D eigenvalue weighted by molar-refractivity contribution is 6.32. The van der Waals surface area contributed by atoms with Crippen molar-refractivity contribution in [2.75, 3.05) is 19.6 Å². The Hall–Kier alpha value is -4.58. The first-order valence-electron chi connectivity index (χ1n) is 15.0. The number of aldehydes is 1. The van der Waals surface area contributed by atoms with Gasteiger partial charge in [0, 0.05) is 43.5 Å². The fourth-order valence-corrected chi connectivity index (χ4v) is 5.77. The summed E-state index contributed by atoms with van der Waals surface area (Å²) >= 11 is 6.48. The summed E-state index contributed by atoms with van der Waals surface area (Å²) in [5.74, 6) is -1.89. The normalized spacial score (nSPS) is 14.3. The molecule has 9 heteroatoms. The van der Waals surface area contributed by atoms with Crippen LogP contribution in [0.2, 0.25) is 5.02 Å². The Kier molecular flexibility index (Phi) is 10.5. The average molecular weight is 642 g/mol. The van der Waals surface area contributed by atoms with Crippen molar-refractivity contribution in [3.8, 4) is 28.7 Å². The van der Waals surface area contributed by atoms with Crippen LogP contribution in [-0.2, 0) is 13.2 Å². The molecule has 1 aliphatic rings. The van der Waals surface area contributed by atoms with E-state index in [1.807, 2.05) is 29.2 Å². The van der Waals surface area contributed by atoms with Crippen molar-refractivity contribution in [1.82, 2.24) is 9.88 Å². The second-order valence-corrected chi connectivity index (χ2v) is 11.8. The number of alkyl halides is 2. The first kappa shape index (κ1) is 32.8. The Balaban J connectivity index is 1.28. The quantitative estimate of drug-likeness (QED) is 0.144. The number of likely N-dealkylation sites (tertiary alicyclic amines) is 1. The van der Waals surface area contributed by atoms with E-state index in [1.165, 1.54) is 12.3 Å². The summed E-state index contributed by atoms with van der Waals surface area (Å²) in [5.41, 5.74) is 7.78. The Morgan fingerprint density at radius 2 is 1.76 bits per heavy atom. The van der Waals surface area contributed by atoms with Crippen molar-refractivity contribution in [2.45, 2.75) is 45.8 Å². The van der Waals surface area contributed by atoms with Crippen molar-refractivity contribution in [1.29, 1.82) is 5.26 Å². The van der Waals surface area contributed by atoms with E-state index < -0.39 is 5.92 Å². The molecule has 4 aromatic rings. The van der Waals surface area contributed by atoms with Gasteiger partial charge in [0.15, 0.2) is 6.29 Å². The molecule has 0 bridgehead atoms. The topological polar surface area (TPSA) is 75.5 Å². The van der Waals surface area contributed by atoms with Crippen LogP contribution in [-0.4, -0.2) is 41.7 Å². The molecule has 0 radical (unpaired) electrons. The predicted octanol–water partition coefficient (Wildman–Crippen LogP) is 8.61. The van der Waals surface area contributed by atoms with E-state index in [9.17, 15) is 13.6 Å². The average Bonchev–Trinajstić information content (AvgIpc) is 3.41. The van der Waals surface area contributed by atoms with Crippen LogP contribution in [0.1, 0.15) is 56.6 Å². The molecule has 5 rings (SSSR count). The standard InChI is InChI=1S/C37H34ClF2N3O3/c1-25-29(7-3-4-13-43-14-12-37(39,40)24-43)8-5-10-32(25)33-11-6-9-30(26(33)2)23-46-36-17-35(31(21-44)16-34(36)38)45-22-28-15-27(18-41)19-42-20-28/h3,5-11,15-17,19-21H,4,12-14,22-24H2,1-2H3/b7-3+. The van der Waals surface area contributed by atoms with E-state index in [4.69, 9.17) is 26.3 Å². The molecular weight excluding hydrogens is 608 g/mol. The van der Waals surface area contributed by atoms with Crippen LogP contribution in [0.5, 0.6) is 11.5 Å².